The SMILES string of the molecule is C[C@]1(O)C[C@](N)(c2ccc(-c3nc4n(c3-c3ccccc3)COc3ccc(-c5cn[nH]c5)cc3-4)cc2)C1. The van der Waals surface area contributed by atoms with Gasteiger partial charge >= 0.3 is 0 Å². The number of rotatable bonds is 4. The predicted molar refractivity (Wildman–Crippen MR) is 142 cm³/mol. The van der Waals surface area contributed by atoms with Gasteiger partial charge in [0.15, 0.2) is 6.73 Å². The van der Waals surface area contributed by atoms with Crippen LogP contribution in [0.4, 0.5) is 0 Å². The second-order valence-electron chi connectivity index (χ2n) is 10.5. The van der Waals surface area contributed by atoms with E-state index in [0.717, 1.165) is 56.3 Å². The lowest BCUT2D eigenvalue weighted by Crippen LogP contribution is -2.58. The summed E-state index contributed by atoms with van der Waals surface area (Å²) in [6, 6.07) is 24.8. The van der Waals surface area contributed by atoms with Gasteiger partial charge < -0.3 is 15.6 Å². The van der Waals surface area contributed by atoms with E-state index in [2.05, 4.69) is 57.2 Å². The Morgan fingerprint density at radius 1 is 0.946 bits per heavy atom. The van der Waals surface area contributed by atoms with E-state index in [4.69, 9.17) is 15.5 Å². The maximum Gasteiger partial charge on any atom is 0.167 e. The molecule has 0 radical (unpaired) electrons. The molecule has 0 bridgehead atoms. The monoisotopic (exact) mass is 489 g/mol. The lowest BCUT2D eigenvalue weighted by atomic mass is 9.63. The van der Waals surface area contributed by atoms with Gasteiger partial charge in [0.05, 0.1) is 28.7 Å². The predicted octanol–water partition coefficient (Wildman–Crippen LogP) is 5.32. The fraction of sp³-hybridized carbons (Fsp3) is 0.200. The molecular weight excluding hydrogens is 462 g/mol. The lowest BCUT2D eigenvalue weighted by Gasteiger charge is -2.49. The summed E-state index contributed by atoms with van der Waals surface area (Å²) >= 11 is 0. The van der Waals surface area contributed by atoms with Crippen molar-refractivity contribution in [2.24, 2.45) is 5.73 Å². The van der Waals surface area contributed by atoms with Crippen LogP contribution in [0, 0.1) is 0 Å². The number of imidazole rings is 1. The molecule has 1 saturated carbocycles. The number of H-pyrrole nitrogens is 1. The minimum Gasteiger partial charge on any atom is -0.472 e. The number of aliphatic hydroxyl groups is 1. The molecule has 0 saturated heterocycles. The van der Waals surface area contributed by atoms with E-state index in [1.807, 2.05) is 49.6 Å². The van der Waals surface area contributed by atoms with Crippen LogP contribution in [-0.2, 0) is 12.3 Å². The van der Waals surface area contributed by atoms with Gasteiger partial charge in [0.2, 0.25) is 0 Å². The Balaban J connectivity index is 1.36. The maximum atomic E-state index is 10.2. The van der Waals surface area contributed by atoms with E-state index in [-0.39, 0.29) is 0 Å². The molecule has 7 nitrogen and oxygen atoms in total. The maximum absolute atomic E-state index is 10.2. The quantitative estimate of drug-likeness (QED) is 0.317. The van der Waals surface area contributed by atoms with Crippen LogP contribution in [0.15, 0.2) is 85.2 Å². The first-order valence-electron chi connectivity index (χ1n) is 12.4. The lowest BCUT2D eigenvalue weighted by molar-refractivity contribution is -0.0738. The Hall–Kier alpha value is -4.20. The van der Waals surface area contributed by atoms with Crippen LogP contribution in [0.5, 0.6) is 5.75 Å². The summed E-state index contributed by atoms with van der Waals surface area (Å²) in [5.74, 6) is 1.68. The van der Waals surface area contributed by atoms with Crippen LogP contribution < -0.4 is 10.5 Å². The molecule has 7 heteroatoms. The van der Waals surface area contributed by atoms with Gasteiger partial charge in [-0.15, -0.1) is 0 Å². The Morgan fingerprint density at radius 3 is 2.41 bits per heavy atom. The first-order valence-corrected chi connectivity index (χ1v) is 12.4. The van der Waals surface area contributed by atoms with Crippen molar-refractivity contribution in [1.82, 2.24) is 19.7 Å². The van der Waals surface area contributed by atoms with E-state index < -0.39 is 11.1 Å². The minimum atomic E-state index is -0.695. The molecule has 0 spiro atoms. The standard InChI is InChI=1S/C30H27N5O2/c1-29(36)16-30(31,17-29)23-10-7-19(8-11-23)26-27(20-5-3-2-4-6-20)35-18-37-25-12-9-21(22-14-32-33-15-22)13-24(25)28(35)34-26/h2-15,36H,16-18,31H2,1H3,(H,32,33)/t29-,30+. The largest absolute Gasteiger partial charge is 0.472 e. The van der Waals surface area contributed by atoms with Gasteiger partial charge in [-0.05, 0) is 43.0 Å². The zero-order chi connectivity index (χ0) is 25.2. The molecule has 0 unspecified atom stereocenters. The highest BCUT2D eigenvalue weighted by atomic mass is 16.5. The molecule has 3 heterocycles. The zero-order valence-electron chi connectivity index (χ0n) is 20.5. The van der Waals surface area contributed by atoms with Crippen molar-refractivity contribution < 1.29 is 9.84 Å². The highest BCUT2D eigenvalue weighted by Crippen LogP contribution is 2.47. The fourth-order valence-electron chi connectivity index (χ4n) is 5.90. The molecule has 1 fully saturated rings. The van der Waals surface area contributed by atoms with E-state index >= 15 is 0 Å². The second-order valence-corrected chi connectivity index (χ2v) is 10.5. The number of ether oxygens (including phenoxy) is 1. The van der Waals surface area contributed by atoms with Crippen molar-refractivity contribution in [1.29, 1.82) is 0 Å². The number of nitrogens with one attached hydrogen (secondary N) is 1. The van der Waals surface area contributed by atoms with E-state index in [0.29, 0.717) is 19.6 Å². The van der Waals surface area contributed by atoms with E-state index in [1.54, 1.807) is 0 Å². The van der Waals surface area contributed by atoms with Crippen LogP contribution in [0.3, 0.4) is 0 Å². The molecule has 0 atom stereocenters. The zero-order valence-corrected chi connectivity index (χ0v) is 20.5. The van der Waals surface area contributed by atoms with Gasteiger partial charge in [-0.3, -0.25) is 9.67 Å². The molecule has 5 aromatic rings. The fourth-order valence-corrected chi connectivity index (χ4v) is 5.90. The summed E-state index contributed by atoms with van der Waals surface area (Å²) < 4.78 is 8.34. The van der Waals surface area contributed by atoms with Crippen LogP contribution in [-0.4, -0.2) is 30.5 Å². The molecule has 37 heavy (non-hydrogen) atoms. The van der Waals surface area contributed by atoms with Crippen molar-refractivity contribution in [3.05, 3.63) is 90.8 Å². The number of hydrogen-bond acceptors (Lipinski definition) is 5. The number of fused-ring (bicyclic) bond motifs is 3. The second kappa shape index (κ2) is 7.90. The number of nitrogens with two attached hydrogens (primary N) is 1. The van der Waals surface area contributed by atoms with Crippen molar-refractivity contribution >= 4 is 0 Å². The number of hydrogen-bond donors (Lipinski definition) is 3. The molecule has 0 amide bonds. The van der Waals surface area contributed by atoms with Crippen LogP contribution in [0.2, 0.25) is 0 Å². The highest BCUT2D eigenvalue weighted by molar-refractivity contribution is 5.85. The van der Waals surface area contributed by atoms with Crippen molar-refractivity contribution in [3.8, 4) is 50.8 Å². The van der Waals surface area contributed by atoms with Gasteiger partial charge in [0.25, 0.3) is 0 Å². The topological polar surface area (TPSA) is 102 Å². The summed E-state index contributed by atoms with van der Waals surface area (Å²) in [7, 11) is 0. The van der Waals surface area contributed by atoms with Crippen LogP contribution in [0.1, 0.15) is 25.3 Å². The molecule has 1 aliphatic heterocycles. The highest BCUT2D eigenvalue weighted by Gasteiger charge is 2.49. The summed E-state index contributed by atoms with van der Waals surface area (Å²) in [5.41, 5.74) is 13.4. The Kier molecular flexibility index (Phi) is 4.70. The number of benzene rings is 3. The molecule has 184 valence electrons. The third-order valence-electron chi connectivity index (χ3n) is 7.54. The Morgan fingerprint density at radius 2 is 1.70 bits per heavy atom. The summed E-state index contributed by atoms with van der Waals surface area (Å²) in [6.07, 6.45) is 4.80. The Bertz CT molecular complexity index is 1590. The molecule has 2 aromatic heterocycles. The average Bonchev–Trinajstić information content (AvgIpc) is 3.56. The minimum absolute atomic E-state index is 0.379. The third-order valence-corrected chi connectivity index (χ3v) is 7.54. The van der Waals surface area contributed by atoms with Crippen LogP contribution >= 0.6 is 0 Å². The molecule has 7 rings (SSSR count). The van der Waals surface area contributed by atoms with E-state index in [1.165, 1.54) is 0 Å². The summed E-state index contributed by atoms with van der Waals surface area (Å²) in [6.45, 7) is 2.22. The van der Waals surface area contributed by atoms with Gasteiger partial charge in [-0.2, -0.15) is 5.10 Å². The van der Waals surface area contributed by atoms with Gasteiger partial charge in [-0.1, -0.05) is 60.7 Å². The summed E-state index contributed by atoms with van der Waals surface area (Å²) in [5, 5.41) is 17.2. The number of aromatic nitrogens is 4. The Labute approximate surface area is 214 Å². The molecule has 3 aromatic carbocycles. The molecular formula is C30H27N5O2. The first kappa shape index (κ1) is 22.0. The number of nitrogens with zero attached hydrogens (tertiary/aromatic N) is 3. The summed E-state index contributed by atoms with van der Waals surface area (Å²) in [4.78, 5) is 5.20. The van der Waals surface area contributed by atoms with Gasteiger partial charge in [0, 0.05) is 28.4 Å². The smallest absolute Gasteiger partial charge is 0.167 e. The first-order chi connectivity index (χ1) is 17.9. The normalized spacial score (nSPS) is 22.0. The molecule has 4 N–H and O–H groups in total. The molecule has 1 aliphatic carbocycles. The number of aromatic amines is 1. The van der Waals surface area contributed by atoms with Gasteiger partial charge in [0.1, 0.15) is 11.6 Å². The van der Waals surface area contributed by atoms with E-state index in [9.17, 15) is 5.11 Å². The average molecular weight is 490 g/mol. The third kappa shape index (κ3) is 3.58. The van der Waals surface area contributed by atoms with Crippen LogP contribution in [0.25, 0.3) is 45.0 Å². The van der Waals surface area contributed by atoms with Gasteiger partial charge in [-0.25, -0.2) is 4.98 Å². The van der Waals surface area contributed by atoms with Crippen molar-refractivity contribution in [2.75, 3.05) is 0 Å². The van der Waals surface area contributed by atoms with Crippen molar-refractivity contribution in [3.63, 3.8) is 0 Å². The molecule has 2 aliphatic rings. The van der Waals surface area contributed by atoms with Crippen molar-refractivity contribution in [2.45, 2.75) is 37.6 Å².